The molecule has 2 aliphatic rings. The van der Waals surface area contributed by atoms with Gasteiger partial charge in [0.25, 0.3) is 0 Å². The minimum absolute atomic E-state index is 0.125. The van der Waals surface area contributed by atoms with Crippen molar-refractivity contribution in [1.29, 1.82) is 0 Å². The maximum Gasteiger partial charge on any atom is 0.416 e. The summed E-state index contributed by atoms with van der Waals surface area (Å²) in [5.74, 6) is -0.317. The molecule has 33 heavy (non-hydrogen) atoms. The van der Waals surface area contributed by atoms with Gasteiger partial charge in [-0.3, -0.25) is 9.78 Å². The van der Waals surface area contributed by atoms with E-state index in [0.717, 1.165) is 67.1 Å². The van der Waals surface area contributed by atoms with Gasteiger partial charge in [0.05, 0.1) is 11.1 Å². The quantitative estimate of drug-likeness (QED) is 0.428. The smallest absolute Gasteiger partial charge is 0.326 e. The number of nitrogens with one attached hydrogen (secondary N) is 1. The number of aromatic nitrogens is 1. The number of alkyl halides is 3. The van der Waals surface area contributed by atoms with Crippen LogP contribution in [0, 0.1) is 17.2 Å². The Hall–Kier alpha value is -2.96. The van der Waals surface area contributed by atoms with E-state index in [1.807, 2.05) is 6.07 Å². The first-order valence-corrected chi connectivity index (χ1v) is 11.2. The summed E-state index contributed by atoms with van der Waals surface area (Å²) in [6, 6.07) is 11.4. The summed E-state index contributed by atoms with van der Waals surface area (Å²) in [5, 5.41) is 3.52. The van der Waals surface area contributed by atoms with Crippen LogP contribution >= 0.6 is 0 Å². The molecule has 0 atom stereocenters. The molecule has 1 amide bonds. The largest absolute Gasteiger partial charge is 0.416 e. The molecule has 0 radical (unpaired) electrons. The standard InChI is InChI=1S/C26H24F4N2O/c27-19-4-5-23-22(13-19)21(8-11-31-23)16-6-9-25(10-7-16)14-17(15-25)24(33)32-20-3-1-2-18(12-20)26(28,29)30/h1-5,8,11-13,16-17H,6-7,9-10,14-15H2,(H,32,33). The third-order valence-electron chi connectivity index (χ3n) is 7.41. The van der Waals surface area contributed by atoms with Gasteiger partial charge in [0.2, 0.25) is 5.91 Å². The number of hydrogen-bond acceptors (Lipinski definition) is 2. The van der Waals surface area contributed by atoms with Gasteiger partial charge in [0.15, 0.2) is 0 Å². The fourth-order valence-electron chi connectivity index (χ4n) is 5.63. The Labute approximate surface area is 189 Å². The molecule has 3 aromatic rings. The Morgan fingerprint density at radius 1 is 1.03 bits per heavy atom. The monoisotopic (exact) mass is 456 g/mol. The van der Waals surface area contributed by atoms with Crippen LogP contribution in [0.4, 0.5) is 23.2 Å². The van der Waals surface area contributed by atoms with E-state index >= 15 is 0 Å². The molecular formula is C26H24F4N2O. The number of carbonyl (C=O) groups is 1. The topological polar surface area (TPSA) is 42.0 Å². The number of pyridine rings is 1. The van der Waals surface area contributed by atoms with E-state index in [0.29, 0.717) is 5.92 Å². The second-order valence-electron chi connectivity index (χ2n) is 9.51. The molecule has 2 aliphatic carbocycles. The van der Waals surface area contributed by atoms with Crippen LogP contribution < -0.4 is 5.32 Å². The van der Waals surface area contributed by atoms with Crippen molar-refractivity contribution in [2.24, 2.45) is 11.3 Å². The van der Waals surface area contributed by atoms with Crippen molar-refractivity contribution in [3.05, 3.63) is 71.7 Å². The lowest BCUT2D eigenvalue weighted by Crippen LogP contribution is -2.45. The van der Waals surface area contributed by atoms with Crippen molar-refractivity contribution in [1.82, 2.24) is 4.98 Å². The first kappa shape index (κ1) is 21.9. The Bertz CT molecular complexity index is 1190. The first-order valence-electron chi connectivity index (χ1n) is 11.2. The third-order valence-corrected chi connectivity index (χ3v) is 7.41. The minimum Gasteiger partial charge on any atom is -0.326 e. The molecule has 172 valence electrons. The van der Waals surface area contributed by atoms with Gasteiger partial charge in [-0.05, 0) is 97.9 Å². The van der Waals surface area contributed by atoms with Crippen molar-refractivity contribution in [2.75, 3.05) is 5.32 Å². The SMILES string of the molecule is O=C(Nc1cccc(C(F)(F)F)c1)C1CC2(CCC(c3ccnc4ccc(F)cc34)CC2)C1. The van der Waals surface area contributed by atoms with Crippen LogP contribution in [0.2, 0.25) is 0 Å². The number of fused-ring (bicyclic) bond motifs is 1. The predicted octanol–water partition coefficient (Wildman–Crippen LogP) is 7.09. The molecule has 2 aromatic carbocycles. The zero-order valence-electron chi connectivity index (χ0n) is 18.0. The van der Waals surface area contributed by atoms with Crippen molar-refractivity contribution < 1.29 is 22.4 Å². The van der Waals surface area contributed by atoms with Crippen molar-refractivity contribution in [2.45, 2.75) is 50.6 Å². The number of nitrogens with zero attached hydrogens (tertiary/aromatic N) is 1. The van der Waals surface area contributed by atoms with Gasteiger partial charge in [0, 0.05) is 23.2 Å². The van der Waals surface area contributed by atoms with E-state index in [-0.39, 0.29) is 28.7 Å². The molecule has 0 unspecified atom stereocenters. The minimum atomic E-state index is -4.44. The van der Waals surface area contributed by atoms with Crippen LogP contribution in [-0.4, -0.2) is 10.9 Å². The Morgan fingerprint density at radius 3 is 2.52 bits per heavy atom. The van der Waals surface area contributed by atoms with Gasteiger partial charge in [-0.2, -0.15) is 13.2 Å². The lowest BCUT2D eigenvalue weighted by Gasteiger charge is -2.51. The van der Waals surface area contributed by atoms with E-state index in [2.05, 4.69) is 10.3 Å². The molecule has 1 N–H and O–H groups in total. The van der Waals surface area contributed by atoms with Crippen LogP contribution in [0.1, 0.15) is 55.6 Å². The fourth-order valence-corrected chi connectivity index (χ4v) is 5.63. The molecule has 5 rings (SSSR count). The Morgan fingerprint density at radius 2 is 1.79 bits per heavy atom. The lowest BCUT2D eigenvalue weighted by atomic mass is 9.54. The van der Waals surface area contributed by atoms with Gasteiger partial charge >= 0.3 is 6.18 Å². The van der Waals surface area contributed by atoms with Gasteiger partial charge in [-0.15, -0.1) is 0 Å². The summed E-state index contributed by atoms with van der Waals surface area (Å²) in [7, 11) is 0. The van der Waals surface area contributed by atoms with Gasteiger partial charge in [-0.25, -0.2) is 4.39 Å². The number of halogens is 4. The van der Waals surface area contributed by atoms with Gasteiger partial charge in [0.1, 0.15) is 5.82 Å². The van der Waals surface area contributed by atoms with Crippen LogP contribution in [0.3, 0.4) is 0 Å². The average molecular weight is 456 g/mol. The Balaban J connectivity index is 1.20. The molecule has 2 saturated carbocycles. The molecule has 7 heteroatoms. The number of amides is 1. The predicted molar refractivity (Wildman–Crippen MR) is 118 cm³/mol. The highest BCUT2D eigenvalue weighted by Crippen LogP contribution is 2.57. The maximum atomic E-state index is 13.8. The van der Waals surface area contributed by atoms with Crippen LogP contribution in [0.25, 0.3) is 10.9 Å². The number of hydrogen-bond donors (Lipinski definition) is 1. The summed E-state index contributed by atoms with van der Waals surface area (Å²) >= 11 is 0. The van der Waals surface area contributed by atoms with E-state index in [9.17, 15) is 22.4 Å². The molecule has 0 bridgehead atoms. The third kappa shape index (κ3) is 4.33. The number of anilines is 1. The molecule has 1 spiro atoms. The maximum absolute atomic E-state index is 13.8. The summed E-state index contributed by atoms with van der Waals surface area (Å²) in [6.07, 6.45) is 2.78. The highest BCUT2D eigenvalue weighted by molar-refractivity contribution is 5.93. The summed E-state index contributed by atoms with van der Waals surface area (Å²) in [6.45, 7) is 0. The average Bonchev–Trinajstić information content (AvgIpc) is 2.77. The van der Waals surface area contributed by atoms with E-state index in [1.54, 1.807) is 18.3 Å². The van der Waals surface area contributed by atoms with Crippen LogP contribution in [0.5, 0.6) is 0 Å². The van der Waals surface area contributed by atoms with Crippen LogP contribution in [-0.2, 0) is 11.0 Å². The van der Waals surface area contributed by atoms with Gasteiger partial charge in [-0.1, -0.05) is 6.07 Å². The van der Waals surface area contributed by atoms with E-state index < -0.39 is 11.7 Å². The zero-order chi connectivity index (χ0) is 23.2. The summed E-state index contributed by atoms with van der Waals surface area (Å²) in [4.78, 5) is 17.0. The zero-order valence-corrected chi connectivity index (χ0v) is 18.0. The molecule has 0 aliphatic heterocycles. The lowest BCUT2D eigenvalue weighted by molar-refractivity contribution is -0.137. The second-order valence-corrected chi connectivity index (χ2v) is 9.51. The number of benzene rings is 2. The van der Waals surface area contributed by atoms with E-state index in [4.69, 9.17) is 0 Å². The normalized spacial score (nSPS) is 25.1. The molecule has 2 fully saturated rings. The highest BCUT2D eigenvalue weighted by Gasteiger charge is 2.48. The van der Waals surface area contributed by atoms with Crippen molar-refractivity contribution >= 4 is 22.5 Å². The summed E-state index contributed by atoms with van der Waals surface area (Å²) in [5.41, 5.74) is 1.46. The highest BCUT2D eigenvalue weighted by atomic mass is 19.4. The molecule has 0 saturated heterocycles. The Kier molecular flexibility index (Phi) is 5.38. The summed E-state index contributed by atoms with van der Waals surface area (Å²) < 4.78 is 52.5. The van der Waals surface area contributed by atoms with Gasteiger partial charge < -0.3 is 5.32 Å². The molecular weight excluding hydrogens is 432 g/mol. The fraction of sp³-hybridized carbons (Fsp3) is 0.385. The number of rotatable bonds is 3. The molecule has 1 aromatic heterocycles. The first-order chi connectivity index (χ1) is 15.7. The van der Waals surface area contributed by atoms with Crippen molar-refractivity contribution in [3.8, 4) is 0 Å². The second kappa shape index (κ2) is 8.12. The molecule has 3 nitrogen and oxygen atoms in total. The number of carbonyl (C=O) groups excluding carboxylic acids is 1. The molecule has 1 heterocycles. The van der Waals surface area contributed by atoms with E-state index in [1.165, 1.54) is 18.2 Å². The van der Waals surface area contributed by atoms with Crippen LogP contribution in [0.15, 0.2) is 54.7 Å². The van der Waals surface area contributed by atoms with Crippen molar-refractivity contribution in [3.63, 3.8) is 0 Å².